The molecule has 0 N–H and O–H groups in total. The van der Waals surface area contributed by atoms with Crippen LogP contribution in [0.5, 0.6) is 0 Å². The Balaban J connectivity index is 5.85. The van der Waals surface area contributed by atoms with E-state index < -0.39 is 12.6 Å². The van der Waals surface area contributed by atoms with Gasteiger partial charge in [-0.15, -0.1) is 0 Å². The maximum atomic E-state index is 6.72. The van der Waals surface area contributed by atoms with E-state index in [-0.39, 0.29) is 12.6 Å². The Hall–Kier alpha value is -0.800. The molecule has 0 saturated carbocycles. The van der Waals surface area contributed by atoms with E-state index >= 15 is 0 Å². The molecule has 0 aliphatic heterocycles. The Labute approximate surface area is 431 Å². The molecule has 0 aromatic rings. The zero-order valence-corrected chi connectivity index (χ0v) is 47.4. The van der Waals surface area contributed by atoms with Gasteiger partial charge in [0.25, 0.3) is 0 Å². The molecule has 0 saturated heterocycles. The quantitative estimate of drug-likeness (QED) is 0.0342. The van der Waals surface area contributed by atoms with Crippen LogP contribution in [0.1, 0.15) is 311 Å². The molecule has 2 atom stereocenters. The van der Waals surface area contributed by atoms with Crippen molar-refractivity contribution in [2.75, 3.05) is 39.6 Å². The van der Waals surface area contributed by atoms with Crippen LogP contribution < -0.4 is 0 Å². The number of unbranched alkanes of at least 4 members (excludes halogenated alkanes) is 32. The summed E-state index contributed by atoms with van der Waals surface area (Å²) in [7, 11) is 0. The predicted octanol–water partition coefficient (Wildman–Crippen LogP) is 20.0. The molecule has 0 heterocycles. The molecule has 0 aromatic carbocycles. The standard InChI is InChI=1S/C62H122O7/c1-7-13-19-25-31-37-47-57-67-61(51-41-39-49-59(63-53-43-33-27-21-15-9-3)64-54-44-34-28-22-16-10-4)69-62(68-58-48-38-32-26-20-14-8-2)52-42-40-50-60(65-55-45-35-29-23-17-11-5)66-56-46-36-30-24-18-12-6/h41-42,51-52,59-62H,7-40,43-50,53-58H2,1-6H3. The van der Waals surface area contributed by atoms with Crippen LogP contribution in [-0.2, 0) is 33.2 Å². The molecule has 0 radical (unpaired) electrons. The van der Waals surface area contributed by atoms with Gasteiger partial charge in [-0.3, -0.25) is 0 Å². The fourth-order valence-corrected chi connectivity index (χ4v) is 8.63. The second-order valence-corrected chi connectivity index (χ2v) is 20.3. The molecule has 0 spiro atoms. The van der Waals surface area contributed by atoms with E-state index in [1.165, 1.54) is 205 Å². The minimum atomic E-state index is -0.491. The molecule has 7 nitrogen and oxygen atoms in total. The van der Waals surface area contributed by atoms with Gasteiger partial charge in [-0.1, -0.05) is 259 Å². The highest BCUT2D eigenvalue weighted by Gasteiger charge is 2.16. The third kappa shape index (κ3) is 53.3. The van der Waals surface area contributed by atoms with E-state index in [0.717, 1.165) is 90.6 Å². The van der Waals surface area contributed by atoms with Crippen molar-refractivity contribution in [1.82, 2.24) is 0 Å². The van der Waals surface area contributed by atoms with Crippen LogP contribution in [0.15, 0.2) is 24.3 Å². The topological polar surface area (TPSA) is 64.6 Å². The summed E-state index contributed by atoms with van der Waals surface area (Å²) < 4.78 is 45.3. The largest absolute Gasteiger partial charge is 0.353 e. The number of hydrogen-bond donors (Lipinski definition) is 0. The Morgan fingerprint density at radius 1 is 0.246 bits per heavy atom. The molecular formula is C62H122O7. The lowest BCUT2D eigenvalue weighted by atomic mass is 10.1. The molecule has 69 heavy (non-hydrogen) atoms. The van der Waals surface area contributed by atoms with Crippen LogP contribution in [0, 0.1) is 0 Å². The van der Waals surface area contributed by atoms with Gasteiger partial charge in [-0.2, -0.15) is 0 Å². The summed E-state index contributed by atoms with van der Waals surface area (Å²) in [5.41, 5.74) is 0. The summed E-state index contributed by atoms with van der Waals surface area (Å²) in [5.74, 6) is 0. The highest BCUT2D eigenvalue weighted by atomic mass is 16.8. The maximum absolute atomic E-state index is 6.72. The van der Waals surface area contributed by atoms with E-state index in [2.05, 4.69) is 65.8 Å². The van der Waals surface area contributed by atoms with Crippen LogP contribution in [0.2, 0.25) is 0 Å². The number of hydrogen-bond acceptors (Lipinski definition) is 7. The fraction of sp³-hybridized carbons (Fsp3) is 0.935. The predicted molar refractivity (Wildman–Crippen MR) is 298 cm³/mol. The summed E-state index contributed by atoms with van der Waals surface area (Å²) in [4.78, 5) is 0. The molecule has 0 aromatic heterocycles. The lowest BCUT2D eigenvalue weighted by Gasteiger charge is -2.22. The smallest absolute Gasteiger partial charge is 0.180 e. The summed E-state index contributed by atoms with van der Waals surface area (Å²) in [6.45, 7) is 18.1. The summed E-state index contributed by atoms with van der Waals surface area (Å²) in [5, 5.41) is 0. The Morgan fingerprint density at radius 2 is 0.449 bits per heavy atom. The van der Waals surface area contributed by atoms with E-state index in [1.54, 1.807) is 0 Å². The SMILES string of the molecule is CCCCCCCCCOC(C=CCCC(OCCCCCCCC)OCCCCCCCC)OC(C=CCCC(OCCCCCCCC)OCCCCCCCC)OCCCCCCCCC. The summed E-state index contributed by atoms with van der Waals surface area (Å²) in [6.07, 6.45) is 58.4. The first-order valence-electron chi connectivity index (χ1n) is 30.8. The number of rotatable bonds is 60. The van der Waals surface area contributed by atoms with Crippen molar-refractivity contribution in [3.8, 4) is 0 Å². The average Bonchev–Trinajstić information content (AvgIpc) is 3.36. The molecule has 0 amide bonds. The molecule has 0 bridgehead atoms. The number of allylic oxidation sites excluding steroid dienone is 2. The van der Waals surface area contributed by atoms with Crippen LogP contribution in [-0.4, -0.2) is 64.8 Å². The molecule has 0 rings (SSSR count). The van der Waals surface area contributed by atoms with Gasteiger partial charge in [0, 0.05) is 39.3 Å². The van der Waals surface area contributed by atoms with Gasteiger partial charge in [0.15, 0.2) is 25.2 Å². The van der Waals surface area contributed by atoms with Gasteiger partial charge < -0.3 is 33.2 Å². The summed E-state index contributed by atoms with van der Waals surface area (Å²) in [6, 6.07) is 0. The zero-order chi connectivity index (χ0) is 50.0. The molecule has 412 valence electrons. The van der Waals surface area contributed by atoms with Crippen molar-refractivity contribution >= 4 is 0 Å². The minimum absolute atomic E-state index is 0.178. The third-order valence-corrected chi connectivity index (χ3v) is 13.3. The van der Waals surface area contributed by atoms with Gasteiger partial charge in [-0.05, 0) is 63.5 Å². The van der Waals surface area contributed by atoms with Crippen LogP contribution in [0.25, 0.3) is 0 Å². The lowest BCUT2D eigenvalue weighted by Crippen LogP contribution is -2.25. The van der Waals surface area contributed by atoms with E-state index in [0.29, 0.717) is 13.2 Å². The van der Waals surface area contributed by atoms with Crippen molar-refractivity contribution in [3.05, 3.63) is 24.3 Å². The highest BCUT2D eigenvalue weighted by Crippen LogP contribution is 2.17. The molecule has 0 aliphatic rings. The normalized spacial score (nSPS) is 13.1. The monoisotopic (exact) mass is 979 g/mol. The first kappa shape index (κ1) is 68.2. The van der Waals surface area contributed by atoms with Crippen LogP contribution in [0.3, 0.4) is 0 Å². The number of ether oxygens (including phenoxy) is 7. The van der Waals surface area contributed by atoms with Gasteiger partial charge >= 0.3 is 0 Å². The van der Waals surface area contributed by atoms with E-state index in [4.69, 9.17) is 33.2 Å². The first-order chi connectivity index (χ1) is 34.1. The average molecular weight is 980 g/mol. The van der Waals surface area contributed by atoms with Crippen molar-refractivity contribution in [3.63, 3.8) is 0 Å². The van der Waals surface area contributed by atoms with Gasteiger partial charge in [0.05, 0.1) is 13.2 Å². The van der Waals surface area contributed by atoms with Crippen LogP contribution in [0.4, 0.5) is 0 Å². The Kier molecular flexibility index (Phi) is 59.1. The first-order valence-corrected chi connectivity index (χ1v) is 30.8. The van der Waals surface area contributed by atoms with E-state index in [9.17, 15) is 0 Å². The maximum Gasteiger partial charge on any atom is 0.180 e. The Bertz CT molecular complexity index is 878. The van der Waals surface area contributed by atoms with Gasteiger partial charge in [0.1, 0.15) is 0 Å². The Morgan fingerprint density at radius 3 is 0.681 bits per heavy atom. The minimum Gasteiger partial charge on any atom is -0.353 e. The van der Waals surface area contributed by atoms with Crippen molar-refractivity contribution in [1.29, 1.82) is 0 Å². The summed E-state index contributed by atoms with van der Waals surface area (Å²) >= 11 is 0. The van der Waals surface area contributed by atoms with Crippen molar-refractivity contribution in [2.24, 2.45) is 0 Å². The highest BCUT2D eigenvalue weighted by molar-refractivity contribution is 4.90. The molecule has 7 heteroatoms. The molecule has 0 aliphatic carbocycles. The second kappa shape index (κ2) is 59.8. The van der Waals surface area contributed by atoms with Gasteiger partial charge in [-0.25, -0.2) is 0 Å². The molecular weight excluding hydrogens is 857 g/mol. The van der Waals surface area contributed by atoms with Crippen LogP contribution >= 0.6 is 0 Å². The fourth-order valence-electron chi connectivity index (χ4n) is 8.63. The zero-order valence-electron chi connectivity index (χ0n) is 47.4. The molecule has 0 fully saturated rings. The molecule has 2 unspecified atom stereocenters. The lowest BCUT2D eigenvalue weighted by molar-refractivity contribution is -0.208. The van der Waals surface area contributed by atoms with Gasteiger partial charge in [0.2, 0.25) is 0 Å². The third-order valence-electron chi connectivity index (χ3n) is 13.3. The van der Waals surface area contributed by atoms with Crippen molar-refractivity contribution < 1.29 is 33.2 Å². The van der Waals surface area contributed by atoms with Crippen molar-refractivity contribution in [2.45, 2.75) is 336 Å². The second-order valence-electron chi connectivity index (χ2n) is 20.3. The van der Waals surface area contributed by atoms with E-state index in [1.807, 2.05) is 0 Å².